The number of ether oxygens (including phenoxy) is 1. The number of nitrogens with one attached hydrogen (secondary N) is 2. The fraction of sp³-hybridized carbons (Fsp3) is 0.375. The van der Waals surface area contributed by atoms with E-state index in [1.165, 1.54) is 11.3 Å². The van der Waals surface area contributed by atoms with Crippen molar-refractivity contribution >= 4 is 70.4 Å². The Morgan fingerprint density at radius 2 is 1.94 bits per heavy atom. The summed E-state index contributed by atoms with van der Waals surface area (Å²) in [6.07, 6.45) is 0.382. The van der Waals surface area contributed by atoms with Crippen molar-refractivity contribution in [1.29, 1.82) is 0 Å². The second kappa shape index (κ2) is 10.7. The third kappa shape index (κ3) is 5.00. The minimum atomic E-state index is -0.982. The number of fused-ring (bicyclic) bond motifs is 1. The fourth-order valence-corrected chi connectivity index (χ4v) is 6.09. The standard InChI is InChI=1S/C24H24Cl2N4O4S.Li.H/c1-3-34-16-7-5-4-6-12(16)8-15-21(23(32)33)35-24(28-15)30-9-13-14(10-30)19(13)29-22(31)20-18(26)17(25)11(2)27-20;;/h4-7,13-14,19,27H,3,8-10H2,1-2H3,(H,29,31)(H,32,33);;/t13-,14+,19?;;. The Hall–Kier alpha value is -2.15. The van der Waals surface area contributed by atoms with E-state index in [4.69, 9.17) is 32.9 Å². The number of halogens is 2. The number of carboxylic acids is 1. The van der Waals surface area contributed by atoms with Crippen LogP contribution in [0.25, 0.3) is 0 Å². The number of H-pyrrole nitrogens is 1. The molecule has 36 heavy (non-hydrogen) atoms. The van der Waals surface area contributed by atoms with Gasteiger partial charge in [0.25, 0.3) is 5.91 Å². The van der Waals surface area contributed by atoms with Crippen LogP contribution < -0.4 is 15.0 Å². The molecule has 3 atom stereocenters. The molecule has 1 amide bonds. The molecule has 0 radical (unpaired) electrons. The van der Waals surface area contributed by atoms with Crippen LogP contribution in [-0.2, 0) is 6.42 Å². The molecule has 3 aromatic rings. The summed E-state index contributed by atoms with van der Waals surface area (Å²) in [7, 11) is 0. The number of piperidine rings is 1. The monoisotopic (exact) mass is 542 g/mol. The second-order valence-corrected chi connectivity index (χ2v) is 10.5. The molecule has 1 saturated carbocycles. The first-order chi connectivity index (χ1) is 16.8. The van der Waals surface area contributed by atoms with E-state index in [1.54, 1.807) is 6.92 Å². The number of para-hydroxylation sites is 1. The maximum atomic E-state index is 12.6. The van der Waals surface area contributed by atoms with Crippen molar-refractivity contribution < 1.29 is 19.4 Å². The number of carbonyl (C=O) groups excluding carboxylic acids is 1. The number of hydrogen-bond acceptors (Lipinski definition) is 6. The van der Waals surface area contributed by atoms with E-state index in [0.29, 0.717) is 47.7 Å². The Balaban J connectivity index is 0.00000304. The molecule has 0 spiro atoms. The van der Waals surface area contributed by atoms with Crippen LogP contribution in [0.1, 0.15) is 44.0 Å². The van der Waals surface area contributed by atoms with Crippen molar-refractivity contribution in [1.82, 2.24) is 15.3 Å². The van der Waals surface area contributed by atoms with Gasteiger partial charge < -0.3 is 25.0 Å². The Morgan fingerprint density at radius 3 is 2.56 bits per heavy atom. The molecule has 3 heterocycles. The van der Waals surface area contributed by atoms with Crippen LogP contribution in [0, 0.1) is 18.8 Å². The number of amides is 1. The molecular formula is C24H25Cl2LiN4O4S. The van der Waals surface area contributed by atoms with Crippen molar-refractivity contribution in [2.45, 2.75) is 26.3 Å². The van der Waals surface area contributed by atoms with Gasteiger partial charge >= 0.3 is 24.8 Å². The molecule has 186 valence electrons. The van der Waals surface area contributed by atoms with E-state index in [-0.39, 0.29) is 58.2 Å². The molecule has 1 aromatic carbocycles. The first-order valence-corrected chi connectivity index (χ1v) is 12.9. The third-order valence-electron chi connectivity index (χ3n) is 6.55. The minimum absolute atomic E-state index is 0. The summed E-state index contributed by atoms with van der Waals surface area (Å²) >= 11 is 13.4. The number of carbonyl (C=O) groups is 2. The number of carboxylic acid groups (broad SMARTS) is 1. The summed E-state index contributed by atoms with van der Waals surface area (Å²) in [4.78, 5) is 34.6. The number of rotatable bonds is 8. The molecule has 1 unspecified atom stereocenters. The molecule has 0 bridgehead atoms. The van der Waals surface area contributed by atoms with Crippen LogP contribution in [0.3, 0.4) is 0 Å². The number of aromatic carboxylic acids is 1. The number of aromatic amines is 1. The van der Waals surface area contributed by atoms with Gasteiger partial charge in [0, 0.05) is 48.6 Å². The summed E-state index contributed by atoms with van der Waals surface area (Å²) in [6.45, 7) is 5.61. The molecule has 3 N–H and O–H groups in total. The number of anilines is 1. The molecule has 12 heteroatoms. The van der Waals surface area contributed by atoms with Crippen molar-refractivity contribution in [3.8, 4) is 5.75 Å². The van der Waals surface area contributed by atoms with E-state index in [9.17, 15) is 14.7 Å². The van der Waals surface area contributed by atoms with E-state index < -0.39 is 5.97 Å². The molecule has 2 fully saturated rings. The Kier molecular flexibility index (Phi) is 7.98. The van der Waals surface area contributed by atoms with Gasteiger partial charge in [0.05, 0.1) is 22.3 Å². The molecular weight excluding hydrogens is 518 g/mol. The number of thiazole rings is 1. The zero-order valence-corrected chi connectivity index (χ0v) is 21.4. The average molecular weight is 543 g/mol. The summed E-state index contributed by atoms with van der Waals surface area (Å²) in [5.74, 6) is 0.0465. The number of aryl methyl sites for hydroxylation is 1. The molecule has 1 saturated heterocycles. The number of aromatic nitrogens is 2. The van der Waals surface area contributed by atoms with E-state index >= 15 is 0 Å². The maximum absolute atomic E-state index is 12.6. The normalized spacial score (nSPS) is 20.0. The van der Waals surface area contributed by atoms with Gasteiger partial charge in [-0.15, -0.1) is 0 Å². The molecule has 8 nitrogen and oxygen atoms in total. The van der Waals surface area contributed by atoms with Gasteiger partial charge in [0.2, 0.25) is 0 Å². The van der Waals surface area contributed by atoms with Gasteiger partial charge in [-0.25, -0.2) is 9.78 Å². The fourth-order valence-electron chi connectivity index (χ4n) is 4.74. The van der Waals surface area contributed by atoms with Gasteiger partial charge in [0.1, 0.15) is 16.3 Å². The first-order valence-electron chi connectivity index (χ1n) is 11.3. The summed E-state index contributed by atoms with van der Waals surface area (Å²) in [5.41, 5.74) is 2.36. The van der Waals surface area contributed by atoms with Gasteiger partial charge in [-0.1, -0.05) is 52.7 Å². The van der Waals surface area contributed by atoms with Gasteiger partial charge in [-0.05, 0) is 19.9 Å². The summed E-state index contributed by atoms with van der Waals surface area (Å²) in [5, 5.41) is 14.1. The van der Waals surface area contributed by atoms with Crippen LogP contribution in [0.4, 0.5) is 5.13 Å². The van der Waals surface area contributed by atoms with Crippen LogP contribution >= 0.6 is 34.5 Å². The Morgan fingerprint density at radius 1 is 1.25 bits per heavy atom. The van der Waals surface area contributed by atoms with Crippen LogP contribution in [0.5, 0.6) is 5.75 Å². The number of benzene rings is 1. The van der Waals surface area contributed by atoms with Crippen molar-refractivity contribution in [2.24, 2.45) is 11.8 Å². The quantitative estimate of drug-likeness (QED) is 0.371. The van der Waals surface area contributed by atoms with E-state index in [1.807, 2.05) is 31.2 Å². The topological polar surface area (TPSA) is 108 Å². The summed E-state index contributed by atoms with van der Waals surface area (Å²) < 4.78 is 5.69. The molecule has 1 aliphatic carbocycles. The third-order valence-corrected chi connectivity index (χ3v) is 8.65. The number of nitrogens with zero attached hydrogens (tertiary/aromatic N) is 2. The number of hydrogen-bond donors (Lipinski definition) is 3. The zero-order chi connectivity index (χ0) is 24.9. The predicted molar refractivity (Wildman–Crippen MR) is 143 cm³/mol. The first kappa shape index (κ1) is 26.9. The van der Waals surface area contributed by atoms with Crippen molar-refractivity contribution in [3.05, 3.63) is 61.8 Å². The Labute approximate surface area is 234 Å². The average Bonchev–Trinajstić information content (AvgIpc) is 3.20. The van der Waals surface area contributed by atoms with Crippen LogP contribution in [0.15, 0.2) is 24.3 Å². The SMILES string of the molecule is CCOc1ccccc1Cc1nc(N2C[C@@H]3C(NC(=O)c4[nH]c(C)c(Cl)c4Cl)[C@@H]3C2)sc1C(=O)O.[LiH]. The molecule has 2 aliphatic rings. The predicted octanol–water partition coefficient (Wildman–Crippen LogP) is 3.99. The van der Waals surface area contributed by atoms with E-state index in [2.05, 4.69) is 15.2 Å². The van der Waals surface area contributed by atoms with Crippen molar-refractivity contribution in [2.75, 3.05) is 24.6 Å². The van der Waals surface area contributed by atoms with Crippen LogP contribution in [0.2, 0.25) is 10.0 Å². The van der Waals surface area contributed by atoms with Gasteiger partial charge in [-0.3, -0.25) is 4.79 Å². The summed E-state index contributed by atoms with van der Waals surface area (Å²) in [6, 6.07) is 7.66. The molecule has 1 aliphatic heterocycles. The van der Waals surface area contributed by atoms with Crippen molar-refractivity contribution in [3.63, 3.8) is 0 Å². The van der Waals surface area contributed by atoms with Crippen LogP contribution in [-0.4, -0.2) is 71.5 Å². The second-order valence-electron chi connectivity index (χ2n) is 8.78. The Bertz CT molecular complexity index is 1300. The van der Waals surface area contributed by atoms with Gasteiger partial charge in [0.15, 0.2) is 5.13 Å². The molecule has 5 rings (SSSR count). The van der Waals surface area contributed by atoms with E-state index in [0.717, 1.165) is 11.3 Å². The van der Waals surface area contributed by atoms with Gasteiger partial charge in [-0.2, -0.15) is 0 Å². The zero-order valence-electron chi connectivity index (χ0n) is 19.1. The molecule has 2 aromatic heterocycles.